The average molecular weight is 293 g/mol. The molecule has 3 rings (SSSR count). The molecule has 0 saturated carbocycles. The van der Waals surface area contributed by atoms with Crippen LogP contribution in [0.2, 0.25) is 0 Å². The fraction of sp³-hybridized carbons (Fsp3) is 0. The monoisotopic (exact) mass is 293 g/mol. The topological polar surface area (TPSA) is 79.4 Å². The maximum atomic E-state index is 12.9. The predicted molar refractivity (Wildman–Crippen MR) is 68.5 cm³/mol. The Morgan fingerprint density at radius 3 is 2.55 bits per heavy atom. The summed E-state index contributed by atoms with van der Waals surface area (Å²) in [6.45, 7) is 0. The van der Waals surface area contributed by atoms with Crippen molar-refractivity contribution in [3.63, 3.8) is 0 Å². The number of hydrogen-bond acceptors (Lipinski definition) is 4. The SMILES string of the molecule is O=C1NS(=O)(=O)c2cccnc2N1c1ccc(F)cc1. The van der Waals surface area contributed by atoms with Crippen molar-refractivity contribution in [1.82, 2.24) is 9.71 Å². The van der Waals surface area contributed by atoms with E-state index in [1.54, 1.807) is 0 Å². The molecular weight excluding hydrogens is 285 g/mol. The van der Waals surface area contributed by atoms with E-state index >= 15 is 0 Å². The fourth-order valence-electron chi connectivity index (χ4n) is 1.90. The maximum absolute atomic E-state index is 12.9. The number of benzene rings is 1. The molecule has 0 unspecified atom stereocenters. The molecule has 102 valence electrons. The van der Waals surface area contributed by atoms with E-state index in [9.17, 15) is 17.6 Å². The minimum atomic E-state index is -3.92. The molecule has 2 aromatic rings. The van der Waals surface area contributed by atoms with Gasteiger partial charge in [0.15, 0.2) is 5.82 Å². The van der Waals surface area contributed by atoms with Crippen LogP contribution in [0.5, 0.6) is 0 Å². The van der Waals surface area contributed by atoms with Crippen LogP contribution < -0.4 is 9.62 Å². The van der Waals surface area contributed by atoms with Gasteiger partial charge in [0.2, 0.25) is 0 Å². The van der Waals surface area contributed by atoms with E-state index in [1.165, 1.54) is 42.6 Å². The molecule has 6 nitrogen and oxygen atoms in total. The largest absolute Gasteiger partial charge is 0.341 e. The third-order valence-electron chi connectivity index (χ3n) is 2.76. The summed E-state index contributed by atoms with van der Waals surface area (Å²) in [5.74, 6) is -0.470. The van der Waals surface area contributed by atoms with Crippen molar-refractivity contribution in [2.75, 3.05) is 4.90 Å². The first kappa shape index (κ1) is 12.5. The van der Waals surface area contributed by atoms with E-state index in [0.29, 0.717) is 5.69 Å². The molecule has 0 bridgehead atoms. The quantitative estimate of drug-likeness (QED) is 0.869. The van der Waals surface area contributed by atoms with E-state index in [1.807, 2.05) is 4.72 Å². The standard InChI is InChI=1S/C12H8FN3O3S/c13-8-3-5-9(6-4-8)16-11-10(2-1-7-14-11)20(18,19)15-12(16)17/h1-7H,(H,15,17). The Morgan fingerprint density at radius 2 is 1.85 bits per heavy atom. The Morgan fingerprint density at radius 1 is 1.15 bits per heavy atom. The number of rotatable bonds is 1. The van der Waals surface area contributed by atoms with Crippen LogP contribution in [0.3, 0.4) is 0 Å². The zero-order valence-corrected chi connectivity index (χ0v) is 10.8. The van der Waals surface area contributed by atoms with Crippen molar-refractivity contribution in [1.29, 1.82) is 0 Å². The molecule has 0 spiro atoms. The number of hydrogen-bond donors (Lipinski definition) is 1. The summed E-state index contributed by atoms with van der Waals surface area (Å²) >= 11 is 0. The fourth-order valence-corrected chi connectivity index (χ4v) is 2.97. The number of carbonyl (C=O) groups excluding carboxylic acids is 1. The zero-order valence-electron chi connectivity index (χ0n) is 9.95. The van der Waals surface area contributed by atoms with Gasteiger partial charge in [-0.1, -0.05) is 0 Å². The molecule has 1 aliphatic heterocycles. The van der Waals surface area contributed by atoms with E-state index in [2.05, 4.69) is 4.98 Å². The second-order valence-corrected chi connectivity index (χ2v) is 5.70. The van der Waals surface area contributed by atoms with Crippen molar-refractivity contribution in [2.45, 2.75) is 4.90 Å². The van der Waals surface area contributed by atoms with Crippen LogP contribution in [0, 0.1) is 5.82 Å². The van der Waals surface area contributed by atoms with Gasteiger partial charge in [-0.2, -0.15) is 0 Å². The molecular formula is C12H8FN3O3S. The number of halogens is 1. The first-order valence-electron chi connectivity index (χ1n) is 5.56. The van der Waals surface area contributed by atoms with Crippen molar-refractivity contribution >= 4 is 27.6 Å². The summed E-state index contributed by atoms with van der Waals surface area (Å²) in [5.41, 5.74) is 0.318. The van der Waals surface area contributed by atoms with Crippen LogP contribution >= 0.6 is 0 Å². The highest BCUT2D eigenvalue weighted by Crippen LogP contribution is 2.32. The summed E-state index contributed by atoms with van der Waals surface area (Å²) in [4.78, 5) is 16.9. The van der Waals surface area contributed by atoms with Crippen molar-refractivity contribution < 1.29 is 17.6 Å². The smallest absolute Gasteiger partial charge is 0.247 e. The molecule has 2 amide bonds. The highest BCUT2D eigenvalue weighted by Gasteiger charge is 2.35. The summed E-state index contributed by atoms with van der Waals surface area (Å²) in [7, 11) is -3.92. The van der Waals surface area contributed by atoms with Crippen LogP contribution in [0.4, 0.5) is 20.7 Å². The molecule has 1 aliphatic rings. The summed E-state index contributed by atoms with van der Waals surface area (Å²) in [6.07, 6.45) is 1.38. The number of nitrogens with zero attached hydrogens (tertiary/aromatic N) is 2. The number of sulfonamides is 1. The lowest BCUT2D eigenvalue weighted by molar-refractivity contribution is 0.252. The third-order valence-corrected chi connectivity index (χ3v) is 4.10. The Kier molecular flexibility index (Phi) is 2.68. The van der Waals surface area contributed by atoms with Gasteiger partial charge in [-0.05, 0) is 36.4 Å². The lowest BCUT2D eigenvalue weighted by Gasteiger charge is -2.28. The minimum absolute atomic E-state index is 0.0112. The molecule has 1 N–H and O–H groups in total. The molecule has 0 radical (unpaired) electrons. The lowest BCUT2D eigenvalue weighted by atomic mass is 10.3. The third kappa shape index (κ3) is 1.90. The Bertz CT molecular complexity index is 790. The van der Waals surface area contributed by atoms with Crippen molar-refractivity contribution in [3.05, 3.63) is 48.4 Å². The molecule has 20 heavy (non-hydrogen) atoms. The van der Waals surface area contributed by atoms with Gasteiger partial charge >= 0.3 is 6.03 Å². The maximum Gasteiger partial charge on any atom is 0.341 e. The first-order chi connectivity index (χ1) is 9.49. The zero-order chi connectivity index (χ0) is 14.3. The first-order valence-corrected chi connectivity index (χ1v) is 7.05. The van der Waals surface area contributed by atoms with Crippen LogP contribution in [-0.2, 0) is 10.0 Å². The molecule has 0 fully saturated rings. The van der Waals surface area contributed by atoms with E-state index in [0.717, 1.165) is 4.90 Å². The van der Waals surface area contributed by atoms with Gasteiger partial charge in [-0.15, -0.1) is 0 Å². The molecule has 8 heteroatoms. The minimum Gasteiger partial charge on any atom is -0.247 e. The van der Waals surface area contributed by atoms with E-state index < -0.39 is 21.9 Å². The number of amides is 2. The van der Waals surface area contributed by atoms with Gasteiger partial charge in [0.1, 0.15) is 10.7 Å². The van der Waals surface area contributed by atoms with Gasteiger partial charge < -0.3 is 0 Å². The van der Waals surface area contributed by atoms with Crippen molar-refractivity contribution in [3.8, 4) is 0 Å². The number of nitrogens with one attached hydrogen (secondary N) is 1. The second kappa shape index (κ2) is 4.27. The van der Waals surface area contributed by atoms with Crippen LogP contribution in [0.1, 0.15) is 0 Å². The van der Waals surface area contributed by atoms with Gasteiger partial charge in [-0.25, -0.2) is 32.2 Å². The molecule has 2 heterocycles. The van der Waals surface area contributed by atoms with Gasteiger partial charge in [0.05, 0.1) is 5.69 Å². The Hall–Kier alpha value is -2.48. The highest BCUT2D eigenvalue weighted by atomic mass is 32.2. The molecule has 0 saturated heterocycles. The summed E-state index contributed by atoms with van der Waals surface area (Å²) in [5, 5.41) is 0. The van der Waals surface area contributed by atoms with Crippen LogP contribution in [0.15, 0.2) is 47.5 Å². The normalized spacial score (nSPS) is 16.4. The van der Waals surface area contributed by atoms with Crippen molar-refractivity contribution in [2.24, 2.45) is 0 Å². The molecule has 1 aromatic carbocycles. The summed E-state index contributed by atoms with van der Waals surface area (Å²) < 4.78 is 38.6. The Balaban J connectivity index is 2.21. The number of carbonyl (C=O) groups is 1. The highest BCUT2D eigenvalue weighted by molar-refractivity contribution is 7.90. The summed E-state index contributed by atoms with van der Waals surface area (Å²) in [6, 6.07) is 7.02. The molecule has 1 aromatic heterocycles. The van der Waals surface area contributed by atoms with Crippen LogP contribution in [-0.4, -0.2) is 19.4 Å². The predicted octanol–water partition coefficient (Wildman–Crippen LogP) is 1.77. The van der Waals surface area contributed by atoms with Crippen LogP contribution in [0.25, 0.3) is 0 Å². The number of aromatic nitrogens is 1. The number of pyridine rings is 1. The average Bonchev–Trinajstić information content (AvgIpc) is 2.40. The van der Waals surface area contributed by atoms with E-state index in [4.69, 9.17) is 0 Å². The van der Waals surface area contributed by atoms with E-state index in [-0.39, 0.29) is 10.7 Å². The molecule has 0 atom stereocenters. The van der Waals surface area contributed by atoms with Gasteiger partial charge in [0.25, 0.3) is 10.0 Å². The lowest BCUT2D eigenvalue weighted by Crippen LogP contribution is -2.45. The Labute approximate surface area is 113 Å². The molecule has 0 aliphatic carbocycles. The number of urea groups is 1. The number of anilines is 2. The van der Waals surface area contributed by atoms with Gasteiger partial charge in [-0.3, -0.25) is 0 Å². The second-order valence-electron chi connectivity index (χ2n) is 4.05. The number of fused-ring (bicyclic) bond motifs is 1. The van der Waals surface area contributed by atoms with Gasteiger partial charge in [0, 0.05) is 6.20 Å².